The maximum Gasteiger partial charge on any atom is 0.323 e. The zero-order chi connectivity index (χ0) is 14.4. The lowest BCUT2D eigenvalue weighted by molar-refractivity contribution is -0.137. The van der Waals surface area contributed by atoms with Crippen molar-refractivity contribution in [2.75, 3.05) is 0 Å². The minimum Gasteiger partial charge on any atom is -0.480 e. The first-order valence-corrected chi connectivity index (χ1v) is 6.86. The Hall–Kier alpha value is -2.63. The van der Waals surface area contributed by atoms with Gasteiger partial charge in [0.05, 0.1) is 0 Å². The number of hydrogen-bond acceptors (Lipinski definition) is 4. The van der Waals surface area contributed by atoms with Gasteiger partial charge < -0.3 is 14.2 Å². The third-order valence-corrected chi connectivity index (χ3v) is 3.71. The van der Waals surface area contributed by atoms with Crippen LogP contribution in [0.15, 0.2) is 34.9 Å². The smallest absolute Gasteiger partial charge is 0.323 e. The van der Waals surface area contributed by atoms with Crippen molar-refractivity contribution in [3.8, 4) is 11.6 Å². The second-order valence-electron chi connectivity index (χ2n) is 5.30. The van der Waals surface area contributed by atoms with Crippen LogP contribution in [0.4, 0.5) is 0 Å². The highest BCUT2D eigenvalue weighted by Crippen LogP contribution is 2.39. The number of aromatic nitrogens is 3. The van der Waals surface area contributed by atoms with Crippen LogP contribution < -0.4 is 0 Å². The van der Waals surface area contributed by atoms with E-state index in [0.717, 1.165) is 29.6 Å². The van der Waals surface area contributed by atoms with Crippen molar-refractivity contribution in [3.05, 3.63) is 36.2 Å². The van der Waals surface area contributed by atoms with Crippen molar-refractivity contribution in [1.82, 2.24) is 14.7 Å². The van der Waals surface area contributed by atoms with E-state index in [1.807, 2.05) is 30.3 Å². The van der Waals surface area contributed by atoms with Gasteiger partial charge in [0.2, 0.25) is 0 Å². The lowest BCUT2D eigenvalue weighted by atomic mass is 10.2. The van der Waals surface area contributed by atoms with E-state index < -0.39 is 5.97 Å². The predicted octanol–water partition coefficient (Wildman–Crippen LogP) is 2.65. The van der Waals surface area contributed by atoms with E-state index in [1.165, 1.54) is 0 Å². The molecule has 21 heavy (non-hydrogen) atoms. The number of para-hydroxylation sites is 1. The Kier molecular flexibility index (Phi) is 2.57. The molecule has 0 aliphatic heterocycles. The van der Waals surface area contributed by atoms with E-state index in [0.29, 0.717) is 17.5 Å². The minimum absolute atomic E-state index is 0.135. The fourth-order valence-electron chi connectivity index (χ4n) is 2.54. The highest BCUT2D eigenvalue weighted by molar-refractivity contribution is 5.87. The molecule has 106 valence electrons. The van der Waals surface area contributed by atoms with Crippen LogP contribution in [0.1, 0.15) is 24.6 Å². The monoisotopic (exact) mass is 283 g/mol. The molecule has 0 unspecified atom stereocenters. The third-order valence-electron chi connectivity index (χ3n) is 3.71. The van der Waals surface area contributed by atoms with Crippen molar-refractivity contribution in [2.24, 2.45) is 0 Å². The maximum absolute atomic E-state index is 11.1. The number of aliphatic carboxylic acids is 1. The van der Waals surface area contributed by atoms with Gasteiger partial charge in [-0.2, -0.15) is 4.98 Å². The molecule has 0 radical (unpaired) electrons. The molecule has 0 saturated heterocycles. The highest BCUT2D eigenvalue weighted by atomic mass is 16.5. The van der Waals surface area contributed by atoms with Crippen LogP contribution in [0.5, 0.6) is 0 Å². The zero-order valence-electron chi connectivity index (χ0n) is 11.2. The number of carboxylic acids is 1. The molecule has 1 fully saturated rings. The van der Waals surface area contributed by atoms with Gasteiger partial charge in [-0.1, -0.05) is 23.4 Å². The largest absolute Gasteiger partial charge is 0.480 e. The molecule has 0 amide bonds. The van der Waals surface area contributed by atoms with Gasteiger partial charge in [-0.15, -0.1) is 0 Å². The number of benzene rings is 1. The van der Waals surface area contributed by atoms with E-state index in [4.69, 9.17) is 9.63 Å². The van der Waals surface area contributed by atoms with Crippen LogP contribution in [0.2, 0.25) is 0 Å². The van der Waals surface area contributed by atoms with Gasteiger partial charge in [0.1, 0.15) is 12.2 Å². The molecule has 4 rings (SSSR count). The number of fused-ring (bicyclic) bond motifs is 1. The van der Waals surface area contributed by atoms with Gasteiger partial charge in [-0.25, -0.2) is 0 Å². The minimum atomic E-state index is -0.903. The second-order valence-corrected chi connectivity index (χ2v) is 5.30. The molecule has 0 spiro atoms. The Morgan fingerprint density at radius 3 is 2.95 bits per heavy atom. The van der Waals surface area contributed by atoms with E-state index in [-0.39, 0.29) is 6.54 Å². The summed E-state index contributed by atoms with van der Waals surface area (Å²) in [5.74, 6) is 0.603. The lowest BCUT2D eigenvalue weighted by Crippen LogP contribution is -2.09. The second kappa shape index (κ2) is 4.44. The fourth-order valence-corrected chi connectivity index (χ4v) is 2.54. The average molecular weight is 283 g/mol. The van der Waals surface area contributed by atoms with Crippen molar-refractivity contribution in [2.45, 2.75) is 25.3 Å². The summed E-state index contributed by atoms with van der Waals surface area (Å²) in [4.78, 5) is 15.5. The Balaban J connectivity index is 1.86. The molecule has 6 nitrogen and oxygen atoms in total. The molecular formula is C15H13N3O3. The topological polar surface area (TPSA) is 81.1 Å². The maximum atomic E-state index is 11.1. The van der Waals surface area contributed by atoms with E-state index in [2.05, 4.69) is 10.1 Å². The molecule has 0 bridgehead atoms. The lowest BCUT2D eigenvalue weighted by Gasteiger charge is -2.04. The van der Waals surface area contributed by atoms with E-state index >= 15 is 0 Å². The summed E-state index contributed by atoms with van der Waals surface area (Å²) in [6.07, 6.45) is 2.19. The van der Waals surface area contributed by atoms with Crippen LogP contribution in [0, 0.1) is 0 Å². The number of rotatable bonds is 4. The Morgan fingerprint density at radius 2 is 2.19 bits per heavy atom. The van der Waals surface area contributed by atoms with Gasteiger partial charge in [-0.3, -0.25) is 4.79 Å². The van der Waals surface area contributed by atoms with Crippen LogP contribution in [-0.2, 0) is 11.3 Å². The Bertz CT molecular complexity index is 830. The number of hydrogen-bond donors (Lipinski definition) is 1. The molecule has 1 N–H and O–H groups in total. The van der Waals surface area contributed by atoms with Gasteiger partial charge in [-0.05, 0) is 25.0 Å². The predicted molar refractivity (Wildman–Crippen MR) is 74.8 cm³/mol. The molecule has 0 atom stereocenters. The molecule has 1 aromatic carbocycles. The quantitative estimate of drug-likeness (QED) is 0.796. The van der Waals surface area contributed by atoms with Crippen LogP contribution in [-0.4, -0.2) is 25.8 Å². The summed E-state index contributed by atoms with van der Waals surface area (Å²) in [7, 11) is 0. The summed E-state index contributed by atoms with van der Waals surface area (Å²) in [6, 6.07) is 9.52. The summed E-state index contributed by atoms with van der Waals surface area (Å²) < 4.78 is 7.03. The third kappa shape index (κ3) is 2.08. The first-order valence-electron chi connectivity index (χ1n) is 6.86. The van der Waals surface area contributed by atoms with Crippen molar-refractivity contribution in [1.29, 1.82) is 0 Å². The average Bonchev–Trinajstić information content (AvgIpc) is 3.09. The summed E-state index contributed by atoms with van der Waals surface area (Å²) >= 11 is 0. The summed E-state index contributed by atoms with van der Waals surface area (Å²) in [5, 5.41) is 14.1. The van der Waals surface area contributed by atoms with Crippen LogP contribution in [0.3, 0.4) is 0 Å². The standard InChI is InChI=1S/C15H13N3O3/c19-13(20)8-18-11-4-2-1-3-10(11)7-12(18)15-16-14(17-21-15)9-5-6-9/h1-4,7,9H,5-6,8H2,(H,19,20). The van der Waals surface area contributed by atoms with Crippen LogP contribution in [0.25, 0.3) is 22.5 Å². The van der Waals surface area contributed by atoms with E-state index in [9.17, 15) is 4.79 Å². The molecule has 2 aromatic heterocycles. The molecule has 2 heterocycles. The zero-order valence-corrected chi connectivity index (χ0v) is 11.2. The Morgan fingerprint density at radius 1 is 1.38 bits per heavy atom. The van der Waals surface area contributed by atoms with Gasteiger partial charge in [0.15, 0.2) is 5.82 Å². The summed E-state index contributed by atoms with van der Waals surface area (Å²) in [6.45, 7) is -0.135. The first-order chi connectivity index (χ1) is 10.2. The normalized spacial score (nSPS) is 14.7. The first kappa shape index (κ1) is 12.1. The summed E-state index contributed by atoms with van der Waals surface area (Å²) in [5.41, 5.74) is 1.50. The number of carboxylic acid groups (broad SMARTS) is 1. The molecule has 1 saturated carbocycles. The molecule has 1 aliphatic rings. The molecular weight excluding hydrogens is 270 g/mol. The molecule has 1 aliphatic carbocycles. The van der Waals surface area contributed by atoms with Crippen molar-refractivity contribution < 1.29 is 14.4 Å². The van der Waals surface area contributed by atoms with Crippen LogP contribution >= 0.6 is 0 Å². The Labute approximate surface area is 120 Å². The highest BCUT2D eigenvalue weighted by Gasteiger charge is 2.29. The van der Waals surface area contributed by atoms with Crippen molar-refractivity contribution >= 4 is 16.9 Å². The fraction of sp³-hybridized carbons (Fsp3) is 0.267. The number of carbonyl (C=O) groups is 1. The molecule has 3 aromatic rings. The SMILES string of the molecule is O=C(O)Cn1c(-c2nc(C3CC3)no2)cc2ccccc21. The van der Waals surface area contributed by atoms with Crippen molar-refractivity contribution in [3.63, 3.8) is 0 Å². The van der Waals surface area contributed by atoms with E-state index in [1.54, 1.807) is 4.57 Å². The van der Waals surface area contributed by atoms with Gasteiger partial charge >= 0.3 is 5.97 Å². The van der Waals surface area contributed by atoms with Gasteiger partial charge in [0, 0.05) is 16.8 Å². The molecule has 6 heteroatoms. The van der Waals surface area contributed by atoms with Gasteiger partial charge in [0.25, 0.3) is 5.89 Å². The number of nitrogens with zero attached hydrogens (tertiary/aromatic N) is 3.